The van der Waals surface area contributed by atoms with Gasteiger partial charge in [0.15, 0.2) is 0 Å². The Labute approximate surface area is 119 Å². The fourth-order valence-corrected chi connectivity index (χ4v) is 3.46. The lowest BCUT2D eigenvalue weighted by molar-refractivity contribution is 0.0696. The van der Waals surface area contributed by atoms with Crippen molar-refractivity contribution >= 4 is 16.0 Å². The molecule has 0 saturated heterocycles. The van der Waals surface area contributed by atoms with Crippen molar-refractivity contribution in [2.75, 3.05) is 0 Å². The van der Waals surface area contributed by atoms with Gasteiger partial charge in [0.1, 0.15) is 0 Å². The van der Waals surface area contributed by atoms with Crippen LogP contribution >= 0.6 is 0 Å². The summed E-state index contributed by atoms with van der Waals surface area (Å²) < 4.78 is 27.2. The molecule has 1 rings (SSSR count). The minimum atomic E-state index is -3.75. The summed E-state index contributed by atoms with van der Waals surface area (Å²) in [6.45, 7) is 8.63. The minimum absolute atomic E-state index is 0.00538. The van der Waals surface area contributed by atoms with Crippen molar-refractivity contribution in [2.45, 2.75) is 38.1 Å². The van der Waals surface area contributed by atoms with Crippen LogP contribution in [-0.4, -0.2) is 25.5 Å². The maximum atomic E-state index is 12.3. The van der Waals surface area contributed by atoms with Crippen LogP contribution in [0.5, 0.6) is 0 Å². The average Bonchev–Trinajstić information content (AvgIpc) is 2.31. The normalized spacial score (nSPS) is 12.9. The Hall–Kier alpha value is -1.66. The lowest BCUT2D eigenvalue weighted by Gasteiger charge is -2.15. The lowest BCUT2D eigenvalue weighted by atomic mass is 10.1. The Balaban J connectivity index is 3.30. The van der Waals surface area contributed by atoms with Crippen molar-refractivity contribution < 1.29 is 18.3 Å². The van der Waals surface area contributed by atoms with Crippen LogP contribution in [0.2, 0.25) is 0 Å². The fourth-order valence-electron chi connectivity index (χ4n) is 1.86. The second-order valence-corrected chi connectivity index (χ2v) is 6.45. The number of rotatable bonds is 6. The van der Waals surface area contributed by atoms with Gasteiger partial charge in [0.05, 0.1) is 10.5 Å². The Morgan fingerprint density at radius 3 is 2.55 bits per heavy atom. The third kappa shape index (κ3) is 3.68. The Kier molecular flexibility index (Phi) is 5.08. The van der Waals surface area contributed by atoms with Gasteiger partial charge in [0, 0.05) is 6.04 Å². The topological polar surface area (TPSA) is 83.5 Å². The largest absolute Gasteiger partial charge is 0.478 e. The van der Waals surface area contributed by atoms with Crippen LogP contribution in [0.15, 0.2) is 29.7 Å². The van der Waals surface area contributed by atoms with E-state index < -0.39 is 16.0 Å². The first-order chi connectivity index (χ1) is 9.19. The maximum absolute atomic E-state index is 12.3. The average molecular weight is 297 g/mol. The molecule has 20 heavy (non-hydrogen) atoms. The van der Waals surface area contributed by atoms with Gasteiger partial charge in [-0.1, -0.05) is 6.08 Å². The second-order valence-electron chi connectivity index (χ2n) is 4.77. The third-order valence-electron chi connectivity index (χ3n) is 3.03. The van der Waals surface area contributed by atoms with Crippen LogP contribution < -0.4 is 4.72 Å². The highest BCUT2D eigenvalue weighted by molar-refractivity contribution is 7.89. The molecule has 2 N–H and O–H groups in total. The Morgan fingerprint density at radius 2 is 2.05 bits per heavy atom. The van der Waals surface area contributed by atoms with Crippen LogP contribution in [0.4, 0.5) is 0 Å². The summed E-state index contributed by atoms with van der Waals surface area (Å²) in [6.07, 6.45) is 2.12. The van der Waals surface area contributed by atoms with E-state index in [0.717, 1.165) is 0 Å². The van der Waals surface area contributed by atoms with E-state index in [0.29, 0.717) is 17.5 Å². The van der Waals surface area contributed by atoms with E-state index in [1.807, 2.05) is 0 Å². The molecule has 0 bridgehead atoms. The van der Waals surface area contributed by atoms with Gasteiger partial charge in [0.2, 0.25) is 10.0 Å². The monoisotopic (exact) mass is 297 g/mol. The molecule has 0 aliphatic heterocycles. The lowest BCUT2D eigenvalue weighted by Crippen LogP contribution is -2.32. The van der Waals surface area contributed by atoms with E-state index in [1.165, 1.54) is 12.1 Å². The van der Waals surface area contributed by atoms with E-state index in [1.54, 1.807) is 26.8 Å². The van der Waals surface area contributed by atoms with E-state index in [4.69, 9.17) is 5.11 Å². The summed E-state index contributed by atoms with van der Waals surface area (Å²) in [5.41, 5.74) is 1.14. The Bertz CT molecular complexity index is 635. The van der Waals surface area contributed by atoms with Crippen LogP contribution in [-0.2, 0) is 10.0 Å². The molecule has 5 nitrogen and oxygen atoms in total. The maximum Gasteiger partial charge on any atom is 0.335 e. The zero-order valence-electron chi connectivity index (χ0n) is 11.8. The Morgan fingerprint density at radius 1 is 1.45 bits per heavy atom. The van der Waals surface area contributed by atoms with Crippen LogP contribution in [0, 0.1) is 13.8 Å². The van der Waals surface area contributed by atoms with Gasteiger partial charge >= 0.3 is 5.97 Å². The molecule has 0 aliphatic carbocycles. The number of nitrogens with one attached hydrogen (secondary N) is 1. The van der Waals surface area contributed by atoms with Gasteiger partial charge in [0.25, 0.3) is 0 Å². The van der Waals surface area contributed by atoms with Gasteiger partial charge in [-0.3, -0.25) is 0 Å². The summed E-state index contributed by atoms with van der Waals surface area (Å²) in [7, 11) is -3.75. The predicted molar refractivity (Wildman–Crippen MR) is 77.5 cm³/mol. The number of aryl methyl sites for hydroxylation is 1. The summed E-state index contributed by atoms with van der Waals surface area (Å²) in [5, 5.41) is 9.03. The summed E-state index contributed by atoms with van der Waals surface area (Å²) in [6, 6.07) is 2.35. The molecule has 110 valence electrons. The van der Waals surface area contributed by atoms with Crippen molar-refractivity contribution in [3.8, 4) is 0 Å². The molecule has 0 radical (unpaired) electrons. The number of hydrogen-bond acceptors (Lipinski definition) is 3. The van der Waals surface area contributed by atoms with Crippen LogP contribution in [0.3, 0.4) is 0 Å². The smallest absolute Gasteiger partial charge is 0.335 e. The molecule has 6 heteroatoms. The molecular formula is C14H19NO4S. The summed E-state index contributed by atoms with van der Waals surface area (Å²) in [5.74, 6) is -1.15. The molecule has 0 spiro atoms. The number of hydrogen-bond donors (Lipinski definition) is 2. The van der Waals surface area contributed by atoms with E-state index in [-0.39, 0.29) is 16.5 Å². The SMILES string of the molecule is C=CCC(C)NS(=O)(=O)c1cc(C(=O)O)cc(C)c1C. The zero-order valence-corrected chi connectivity index (χ0v) is 12.6. The molecular weight excluding hydrogens is 278 g/mol. The molecule has 0 saturated carbocycles. The quantitative estimate of drug-likeness (QED) is 0.789. The van der Waals surface area contributed by atoms with Gasteiger partial charge < -0.3 is 5.11 Å². The van der Waals surface area contributed by atoms with Crippen molar-refractivity contribution in [3.05, 3.63) is 41.5 Å². The molecule has 1 aromatic carbocycles. The number of sulfonamides is 1. The molecule has 0 fully saturated rings. The van der Waals surface area contributed by atoms with E-state index in [9.17, 15) is 13.2 Å². The first-order valence-electron chi connectivity index (χ1n) is 6.16. The first kappa shape index (κ1) is 16.4. The summed E-state index contributed by atoms with van der Waals surface area (Å²) >= 11 is 0. The van der Waals surface area contributed by atoms with E-state index in [2.05, 4.69) is 11.3 Å². The van der Waals surface area contributed by atoms with Crippen molar-refractivity contribution in [1.82, 2.24) is 4.72 Å². The molecule has 0 amide bonds. The highest BCUT2D eigenvalue weighted by atomic mass is 32.2. The molecule has 1 unspecified atom stereocenters. The molecule has 1 aromatic rings. The number of aromatic carboxylic acids is 1. The minimum Gasteiger partial charge on any atom is -0.478 e. The standard InChI is InChI=1S/C14H19NO4S/c1-5-6-10(3)15-20(18,19)13-8-12(14(16)17)7-9(2)11(13)4/h5,7-8,10,15H,1,6H2,2-4H3,(H,16,17). The number of carbonyl (C=O) groups is 1. The zero-order chi connectivity index (χ0) is 15.5. The predicted octanol–water partition coefficient (Wildman–Crippen LogP) is 2.24. The number of carboxylic acid groups (broad SMARTS) is 1. The van der Waals surface area contributed by atoms with Gasteiger partial charge in [-0.15, -0.1) is 6.58 Å². The van der Waals surface area contributed by atoms with Crippen molar-refractivity contribution in [1.29, 1.82) is 0 Å². The molecule has 0 heterocycles. The highest BCUT2D eigenvalue weighted by Gasteiger charge is 2.22. The second kappa shape index (κ2) is 6.19. The van der Waals surface area contributed by atoms with Crippen LogP contribution in [0.25, 0.3) is 0 Å². The fraction of sp³-hybridized carbons (Fsp3) is 0.357. The summed E-state index contributed by atoms with van der Waals surface area (Å²) in [4.78, 5) is 11.0. The number of benzene rings is 1. The third-order valence-corrected chi connectivity index (χ3v) is 4.75. The van der Waals surface area contributed by atoms with Crippen molar-refractivity contribution in [3.63, 3.8) is 0 Å². The molecule has 0 aliphatic rings. The molecule has 0 aromatic heterocycles. The van der Waals surface area contributed by atoms with Gasteiger partial charge in [-0.2, -0.15) is 0 Å². The van der Waals surface area contributed by atoms with Gasteiger partial charge in [-0.05, 0) is 50.5 Å². The van der Waals surface area contributed by atoms with Gasteiger partial charge in [-0.25, -0.2) is 17.9 Å². The molecule has 1 atom stereocenters. The first-order valence-corrected chi connectivity index (χ1v) is 7.65. The van der Waals surface area contributed by atoms with E-state index >= 15 is 0 Å². The highest BCUT2D eigenvalue weighted by Crippen LogP contribution is 2.21. The number of carboxylic acids is 1. The van der Waals surface area contributed by atoms with Crippen LogP contribution in [0.1, 0.15) is 34.8 Å². The van der Waals surface area contributed by atoms with Crippen molar-refractivity contribution in [2.24, 2.45) is 0 Å².